The minimum Gasteiger partial charge on any atom is -0.376 e. The normalized spacial score (nSPS) is 17.1. The molecule has 4 rings (SSSR count). The van der Waals surface area contributed by atoms with E-state index in [1.807, 2.05) is 34.9 Å². The van der Waals surface area contributed by atoms with E-state index in [0.29, 0.717) is 26.2 Å². The van der Waals surface area contributed by atoms with Crippen LogP contribution in [0, 0.1) is 12.8 Å². The van der Waals surface area contributed by atoms with E-state index in [0.717, 1.165) is 29.8 Å². The molecule has 1 saturated carbocycles. The molecule has 2 amide bonds. The maximum absolute atomic E-state index is 12.5. The predicted molar refractivity (Wildman–Crippen MR) is 98.3 cm³/mol. The zero-order valence-corrected chi connectivity index (χ0v) is 15.3. The molecule has 1 aliphatic heterocycles. The molecule has 1 aromatic carbocycles. The second-order valence-corrected chi connectivity index (χ2v) is 7.09. The first-order chi connectivity index (χ1) is 13.1. The Kier molecular flexibility index (Phi) is 4.74. The summed E-state index contributed by atoms with van der Waals surface area (Å²) in [5.74, 6) is 0.542. The Bertz CT molecular complexity index is 824. The number of tetrazole rings is 1. The van der Waals surface area contributed by atoms with E-state index in [-0.39, 0.29) is 24.3 Å². The maximum atomic E-state index is 12.5. The van der Waals surface area contributed by atoms with Crippen LogP contribution in [0.5, 0.6) is 0 Å². The minimum atomic E-state index is 0.0424. The summed E-state index contributed by atoms with van der Waals surface area (Å²) >= 11 is 0. The van der Waals surface area contributed by atoms with Crippen LogP contribution in [0.4, 0.5) is 5.69 Å². The second kappa shape index (κ2) is 7.34. The summed E-state index contributed by atoms with van der Waals surface area (Å²) in [5.41, 5.74) is 2.74. The number of anilines is 1. The van der Waals surface area contributed by atoms with Crippen LogP contribution in [0.2, 0.25) is 0 Å². The quantitative estimate of drug-likeness (QED) is 0.823. The highest BCUT2D eigenvalue weighted by molar-refractivity contribution is 5.83. The van der Waals surface area contributed by atoms with Crippen LogP contribution in [0.25, 0.3) is 5.69 Å². The number of carbonyl (C=O) groups is 2. The molecule has 0 spiro atoms. The molecule has 1 aromatic heterocycles. The molecule has 9 nitrogen and oxygen atoms in total. The molecule has 2 heterocycles. The Morgan fingerprint density at radius 3 is 2.56 bits per heavy atom. The van der Waals surface area contributed by atoms with Gasteiger partial charge in [-0.15, -0.1) is 5.10 Å². The van der Waals surface area contributed by atoms with Crippen molar-refractivity contribution in [2.45, 2.75) is 19.8 Å². The molecule has 1 saturated heterocycles. The lowest BCUT2D eigenvalue weighted by atomic mass is 10.1. The number of aryl methyl sites for hydroxylation is 1. The van der Waals surface area contributed by atoms with E-state index < -0.39 is 0 Å². The number of rotatable bonds is 5. The van der Waals surface area contributed by atoms with Crippen molar-refractivity contribution in [2.24, 2.45) is 5.92 Å². The van der Waals surface area contributed by atoms with Crippen molar-refractivity contribution in [3.05, 3.63) is 30.1 Å². The van der Waals surface area contributed by atoms with Gasteiger partial charge in [0.1, 0.15) is 6.33 Å². The number of hydrogen-bond acceptors (Lipinski definition) is 6. The number of hydrogen-bond donors (Lipinski definition) is 1. The molecule has 0 atom stereocenters. The monoisotopic (exact) mass is 369 g/mol. The molecule has 2 aromatic rings. The zero-order chi connectivity index (χ0) is 18.8. The number of nitrogens with zero attached hydrogens (tertiary/aromatic N) is 6. The Labute approximate surface area is 157 Å². The van der Waals surface area contributed by atoms with Crippen molar-refractivity contribution in [3.8, 4) is 5.69 Å². The van der Waals surface area contributed by atoms with Crippen LogP contribution in [-0.4, -0.2) is 74.5 Å². The van der Waals surface area contributed by atoms with Crippen LogP contribution < -0.4 is 5.32 Å². The van der Waals surface area contributed by atoms with Gasteiger partial charge >= 0.3 is 0 Å². The average molecular weight is 369 g/mol. The molecule has 9 heteroatoms. The standard InChI is InChI=1S/C18H23N7O2/c1-13-2-5-15(25-12-20-21-22-25)10-16(13)19-11-17(26)23-6-8-24(9-7-23)18(27)14-3-4-14/h2,5,10,12,14,19H,3-4,6-9,11H2,1H3. The van der Waals surface area contributed by atoms with Gasteiger partial charge in [0.05, 0.1) is 12.2 Å². The van der Waals surface area contributed by atoms with E-state index >= 15 is 0 Å². The van der Waals surface area contributed by atoms with Crippen molar-refractivity contribution in [1.82, 2.24) is 30.0 Å². The van der Waals surface area contributed by atoms with Gasteiger partial charge in [-0.05, 0) is 47.9 Å². The minimum absolute atomic E-state index is 0.0424. The van der Waals surface area contributed by atoms with Crippen LogP contribution in [0.3, 0.4) is 0 Å². The number of aromatic nitrogens is 4. The number of carbonyl (C=O) groups excluding carboxylic acids is 2. The van der Waals surface area contributed by atoms with E-state index in [4.69, 9.17) is 0 Å². The number of piperazine rings is 1. The Hall–Kier alpha value is -2.97. The first-order valence-corrected chi connectivity index (χ1v) is 9.26. The lowest BCUT2D eigenvalue weighted by Gasteiger charge is -2.35. The second-order valence-electron chi connectivity index (χ2n) is 7.09. The summed E-state index contributed by atoms with van der Waals surface area (Å²) in [4.78, 5) is 28.4. The predicted octanol–water partition coefficient (Wildman–Crippen LogP) is 0.463. The molecule has 0 bridgehead atoms. The van der Waals surface area contributed by atoms with Crippen LogP contribution >= 0.6 is 0 Å². The third-order valence-corrected chi connectivity index (χ3v) is 5.14. The molecule has 1 N–H and O–H groups in total. The summed E-state index contributed by atoms with van der Waals surface area (Å²) in [6.45, 7) is 4.67. The number of nitrogens with one attached hydrogen (secondary N) is 1. The number of benzene rings is 1. The van der Waals surface area contributed by atoms with E-state index in [1.165, 1.54) is 6.33 Å². The van der Waals surface area contributed by atoms with Gasteiger partial charge in [-0.2, -0.15) is 0 Å². The average Bonchev–Trinajstić information content (AvgIpc) is 3.41. The van der Waals surface area contributed by atoms with E-state index in [1.54, 1.807) is 4.68 Å². The highest BCUT2D eigenvalue weighted by Gasteiger charge is 2.35. The fraction of sp³-hybridized carbons (Fsp3) is 0.500. The van der Waals surface area contributed by atoms with Gasteiger partial charge in [0.15, 0.2) is 0 Å². The molecular weight excluding hydrogens is 346 g/mol. The molecule has 27 heavy (non-hydrogen) atoms. The molecular formula is C18H23N7O2. The van der Waals surface area contributed by atoms with Gasteiger partial charge in [0, 0.05) is 37.8 Å². The highest BCUT2D eigenvalue weighted by Crippen LogP contribution is 2.31. The maximum Gasteiger partial charge on any atom is 0.241 e. The van der Waals surface area contributed by atoms with Crippen LogP contribution in [0.1, 0.15) is 18.4 Å². The molecule has 0 unspecified atom stereocenters. The first-order valence-electron chi connectivity index (χ1n) is 9.26. The highest BCUT2D eigenvalue weighted by atomic mass is 16.2. The van der Waals surface area contributed by atoms with E-state index in [9.17, 15) is 9.59 Å². The van der Waals surface area contributed by atoms with E-state index in [2.05, 4.69) is 20.8 Å². The third kappa shape index (κ3) is 3.91. The number of amides is 2. The van der Waals surface area contributed by atoms with Crippen molar-refractivity contribution in [3.63, 3.8) is 0 Å². The fourth-order valence-electron chi connectivity index (χ4n) is 3.27. The molecule has 0 radical (unpaired) electrons. The summed E-state index contributed by atoms with van der Waals surface area (Å²) in [6, 6.07) is 5.81. The van der Waals surface area contributed by atoms with Crippen molar-refractivity contribution in [1.29, 1.82) is 0 Å². The van der Waals surface area contributed by atoms with Crippen LogP contribution in [0.15, 0.2) is 24.5 Å². The van der Waals surface area contributed by atoms with Crippen molar-refractivity contribution in [2.75, 3.05) is 38.0 Å². The lowest BCUT2D eigenvalue weighted by molar-refractivity contribution is -0.139. The van der Waals surface area contributed by atoms with Gasteiger partial charge < -0.3 is 15.1 Å². The van der Waals surface area contributed by atoms with Crippen molar-refractivity contribution < 1.29 is 9.59 Å². The van der Waals surface area contributed by atoms with Gasteiger partial charge in [-0.25, -0.2) is 4.68 Å². The molecule has 1 aliphatic carbocycles. The lowest BCUT2D eigenvalue weighted by Crippen LogP contribution is -2.52. The SMILES string of the molecule is Cc1ccc(-n2cnnn2)cc1NCC(=O)N1CCN(C(=O)C2CC2)CC1. The zero-order valence-electron chi connectivity index (χ0n) is 15.3. The van der Waals surface area contributed by atoms with Crippen LogP contribution in [-0.2, 0) is 9.59 Å². The summed E-state index contributed by atoms with van der Waals surface area (Å²) in [5, 5.41) is 14.4. The third-order valence-electron chi connectivity index (χ3n) is 5.14. The summed E-state index contributed by atoms with van der Waals surface area (Å²) in [7, 11) is 0. The van der Waals surface area contributed by atoms with Gasteiger partial charge in [0.2, 0.25) is 11.8 Å². The summed E-state index contributed by atoms with van der Waals surface area (Å²) in [6.07, 6.45) is 3.57. The Balaban J connectivity index is 1.32. The largest absolute Gasteiger partial charge is 0.376 e. The molecule has 142 valence electrons. The van der Waals surface area contributed by atoms with Gasteiger partial charge in [-0.3, -0.25) is 9.59 Å². The fourth-order valence-corrected chi connectivity index (χ4v) is 3.27. The van der Waals surface area contributed by atoms with Gasteiger partial charge in [-0.1, -0.05) is 6.07 Å². The molecule has 2 aliphatic rings. The van der Waals surface area contributed by atoms with Gasteiger partial charge in [0.25, 0.3) is 0 Å². The Morgan fingerprint density at radius 2 is 1.89 bits per heavy atom. The molecule has 2 fully saturated rings. The van der Waals surface area contributed by atoms with Crippen molar-refractivity contribution >= 4 is 17.5 Å². The first kappa shape index (κ1) is 17.4. The smallest absolute Gasteiger partial charge is 0.241 e. The topological polar surface area (TPSA) is 96.2 Å². The Morgan fingerprint density at radius 1 is 1.15 bits per heavy atom. The summed E-state index contributed by atoms with van der Waals surface area (Å²) < 4.78 is 1.57.